The number of aromatic nitrogens is 4. The number of nitrogen functional groups attached to an aromatic ring is 1. The number of thioether (sulfide) groups is 1. The molecule has 0 amide bonds. The van der Waals surface area contributed by atoms with Crippen LogP contribution in [0.25, 0.3) is 5.65 Å². The van der Waals surface area contributed by atoms with Crippen LogP contribution >= 0.6 is 11.8 Å². The Morgan fingerprint density at radius 3 is 2.92 bits per heavy atom. The number of rotatable bonds is 2. The lowest BCUT2D eigenvalue weighted by Gasteiger charge is -1.93. The number of hydrogen-bond acceptors (Lipinski definition) is 4. The number of hydrogen-bond donors (Lipinski definition) is 2. The largest absolute Gasteiger partial charge is 0.393 e. The molecule has 0 bridgehead atoms. The number of aryl methyl sites for hydroxylation is 1. The predicted molar refractivity (Wildman–Crippen MR) is 52.9 cm³/mol. The molecule has 0 aliphatic carbocycles. The molecule has 0 saturated carbocycles. The molecule has 5 nitrogen and oxygen atoms in total. The number of aromatic amines is 1. The number of anilines is 1. The van der Waals surface area contributed by atoms with Crippen LogP contribution in [0.1, 0.15) is 12.7 Å². The quantitative estimate of drug-likeness (QED) is 0.706. The Morgan fingerprint density at radius 2 is 2.31 bits per heavy atom. The first kappa shape index (κ1) is 8.43. The smallest absolute Gasteiger partial charge is 0.201 e. The van der Waals surface area contributed by atoms with Gasteiger partial charge in [-0.3, -0.25) is 5.10 Å². The van der Waals surface area contributed by atoms with Crippen molar-refractivity contribution in [1.29, 1.82) is 0 Å². The number of nitrogens with two attached hydrogens (primary N) is 1. The van der Waals surface area contributed by atoms with E-state index in [9.17, 15) is 0 Å². The van der Waals surface area contributed by atoms with Crippen LogP contribution in [0.5, 0.6) is 0 Å². The molecule has 0 saturated heterocycles. The lowest BCUT2D eigenvalue weighted by Crippen LogP contribution is -1.88. The lowest BCUT2D eigenvalue weighted by molar-refractivity contribution is 0.851. The van der Waals surface area contributed by atoms with Crippen LogP contribution < -0.4 is 5.73 Å². The molecule has 2 aromatic heterocycles. The van der Waals surface area contributed by atoms with E-state index in [4.69, 9.17) is 5.73 Å². The molecule has 2 heterocycles. The van der Waals surface area contributed by atoms with Crippen LogP contribution in [-0.4, -0.2) is 25.6 Å². The molecule has 70 valence electrons. The Hall–Kier alpha value is -1.17. The van der Waals surface area contributed by atoms with Gasteiger partial charge >= 0.3 is 0 Å². The van der Waals surface area contributed by atoms with E-state index >= 15 is 0 Å². The summed E-state index contributed by atoms with van der Waals surface area (Å²) < 4.78 is 1.80. The summed E-state index contributed by atoms with van der Waals surface area (Å²) in [5.41, 5.74) is 7.27. The summed E-state index contributed by atoms with van der Waals surface area (Å²) in [5, 5.41) is 12.0. The van der Waals surface area contributed by atoms with Crippen LogP contribution in [-0.2, 0) is 0 Å². The zero-order valence-electron chi connectivity index (χ0n) is 7.53. The van der Waals surface area contributed by atoms with E-state index in [1.807, 2.05) is 6.92 Å². The summed E-state index contributed by atoms with van der Waals surface area (Å²) in [5.74, 6) is 1.81. The predicted octanol–water partition coefficient (Wildman–Crippen LogP) is 1.06. The fraction of sp³-hybridized carbons (Fsp3) is 0.429. The Morgan fingerprint density at radius 1 is 1.54 bits per heavy atom. The minimum Gasteiger partial charge on any atom is -0.393 e. The molecule has 13 heavy (non-hydrogen) atoms. The van der Waals surface area contributed by atoms with Gasteiger partial charge in [-0.2, -0.15) is 0 Å². The monoisotopic (exact) mass is 197 g/mol. The lowest BCUT2D eigenvalue weighted by atomic mass is 10.6. The highest BCUT2D eigenvalue weighted by molar-refractivity contribution is 7.99. The van der Waals surface area contributed by atoms with Crippen LogP contribution in [0.4, 0.5) is 5.69 Å². The molecule has 0 aliphatic rings. The Balaban J connectivity index is 2.60. The SMILES string of the molecule is CCSc1[nH]n2c(C)nnc2c1N. The van der Waals surface area contributed by atoms with E-state index < -0.39 is 0 Å². The van der Waals surface area contributed by atoms with Crippen LogP contribution in [0.15, 0.2) is 5.03 Å². The molecule has 0 atom stereocenters. The van der Waals surface area contributed by atoms with E-state index in [2.05, 4.69) is 22.2 Å². The van der Waals surface area contributed by atoms with E-state index in [1.165, 1.54) is 0 Å². The molecule has 0 unspecified atom stereocenters. The molecule has 0 fully saturated rings. The number of nitrogens with one attached hydrogen (secondary N) is 1. The molecule has 0 spiro atoms. The van der Waals surface area contributed by atoms with Gasteiger partial charge in [0.2, 0.25) is 5.65 Å². The summed E-state index contributed by atoms with van der Waals surface area (Å²) in [6.07, 6.45) is 0. The average Bonchev–Trinajstić information content (AvgIpc) is 2.59. The van der Waals surface area contributed by atoms with Crippen molar-refractivity contribution in [3.05, 3.63) is 5.82 Å². The van der Waals surface area contributed by atoms with Crippen LogP contribution in [0, 0.1) is 6.92 Å². The first-order valence-corrected chi connectivity index (χ1v) is 5.04. The Kier molecular flexibility index (Phi) is 1.91. The second-order valence-electron chi connectivity index (χ2n) is 2.69. The van der Waals surface area contributed by atoms with Crippen LogP contribution in [0.3, 0.4) is 0 Å². The highest BCUT2D eigenvalue weighted by atomic mass is 32.2. The number of H-pyrrole nitrogens is 1. The van der Waals surface area contributed by atoms with E-state index in [0.29, 0.717) is 11.3 Å². The van der Waals surface area contributed by atoms with Gasteiger partial charge in [-0.05, 0) is 12.7 Å². The third-order valence-corrected chi connectivity index (χ3v) is 2.70. The fourth-order valence-corrected chi connectivity index (χ4v) is 1.88. The summed E-state index contributed by atoms with van der Waals surface area (Å²) in [6, 6.07) is 0. The van der Waals surface area contributed by atoms with Gasteiger partial charge in [0.25, 0.3) is 0 Å². The van der Waals surface area contributed by atoms with E-state index in [-0.39, 0.29) is 0 Å². The van der Waals surface area contributed by atoms with Crippen molar-refractivity contribution in [3.63, 3.8) is 0 Å². The van der Waals surface area contributed by atoms with Gasteiger partial charge in [0, 0.05) is 0 Å². The third kappa shape index (κ3) is 1.17. The summed E-state index contributed by atoms with van der Waals surface area (Å²) in [7, 11) is 0. The van der Waals surface area contributed by atoms with Crippen LogP contribution in [0.2, 0.25) is 0 Å². The summed E-state index contributed by atoms with van der Waals surface area (Å²) in [6.45, 7) is 3.97. The van der Waals surface area contributed by atoms with Gasteiger partial charge in [0.15, 0.2) is 0 Å². The first-order chi connectivity index (χ1) is 6.24. The molecular weight excluding hydrogens is 186 g/mol. The van der Waals surface area contributed by atoms with Gasteiger partial charge in [0.05, 0.1) is 0 Å². The molecular formula is C7H11N5S. The molecule has 3 N–H and O–H groups in total. The van der Waals surface area contributed by atoms with Crippen molar-refractivity contribution >= 4 is 23.1 Å². The maximum Gasteiger partial charge on any atom is 0.201 e. The normalized spacial score (nSPS) is 11.2. The summed E-state index contributed by atoms with van der Waals surface area (Å²) in [4.78, 5) is 0. The first-order valence-electron chi connectivity index (χ1n) is 4.06. The van der Waals surface area contributed by atoms with E-state index in [0.717, 1.165) is 16.6 Å². The van der Waals surface area contributed by atoms with Crippen molar-refractivity contribution in [1.82, 2.24) is 19.8 Å². The van der Waals surface area contributed by atoms with Gasteiger partial charge in [-0.25, -0.2) is 4.52 Å². The number of nitrogens with zero attached hydrogens (tertiary/aromatic N) is 3. The highest BCUT2D eigenvalue weighted by Gasteiger charge is 2.11. The van der Waals surface area contributed by atoms with Crippen molar-refractivity contribution in [2.75, 3.05) is 11.5 Å². The van der Waals surface area contributed by atoms with Gasteiger partial charge in [-0.1, -0.05) is 6.92 Å². The summed E-state index contributed by atoms with van der Waals surface area (Å²) >= 11 is 1.67. The maximum absolute atomic E-state index is 5.86. The highest BCUT2D eigenvalue weighted by Crippen LogP contribution is 2.26. The van der Waals surface area contributed by atoms with Gasteiger partial charge in [0.1, 0.15) is 16.5 Å². The second kappa shape index (κ2) is 2.95. The number of fused-ring (bicyclic) bond motifs is 1. The zero-order chi connectivity index (χ0) is 9.42. The fourth-order valence-electron chi connectivity index (χ4n) is 1.19. The molecule has 2 rings (SSSR count). The van der Waals surface area contributed by atoms with Crippen molar-refractivity contribution in [3.8, 4) is 0 Å². The standard InChI is InChI=1S/C7H11N5S/c1-3-13-7-5(8)6-10-9-4(2)12(6)11-7/h11H,3,8H2,1-2H3. The average molecular weight is 197 g/mol. The molecule has 0 aromatic carbocycles. The second-order valence-corrected chi connectivity index (χ2v) is 3.97. The minimum atomic E-state index is 0.687. The zero-order valence-corrected chi connectivity index (χ0v) is 8.35. The molecule has 0 aliphatic heterocycles. The van der Waals surface area contributed by atoms with Crippen molar-refractivity contribution < 1.29 is 0 Å². The third-order valence-electron chi connectivity index (χ3n) is 1.81. The van der Waals surface area contributed by atoms with Crippen molar-refractivity contribution in [2.45, 2.75) is 18.9 Å². The van der Waals surface area contributed by atoms with Gasteiger partial charge in [-0.15, -0.1) is 22.0 Å². The van der Waals surface area contributed by atoms with Gasteiger partial charge < -0.3 is 5.73 Å². The molecule has 2 aromatic rings. The Bertz CT molecular complexity index is 429. The Labute approximate surface area is 79.7 Å². The topological polar surface area (TPSA) is 72.0 Å². The van der Waals surface area contributed by atoms with Crippen molar-refractivity contribution in [2.24, 2.45) is 0 Å². The minimum absolute atomic E-state index is 0.687. The van der Waals surface area contributed by atoms with E-state index in [1.54, 1.807) is 16.3 Å². The molecule has 6 heteroatoms. The maximum atomic E-state index is 5.86. The molecule has 0 radical (unpaired) electrons.